The maximum absolute atomic E-state index is 5.29. The second kappa shape index (κ2) is 8.86. The number of hydrogen-bond donors (Lipinski definition) is 2. The number of nitrogens with one attached hydrogen (secondary N) is 2. The molecule has 1 aliphatic rings. The minimum atomic E-state index is 0.0702. The molecule has 1 saturated carbocycles. The molecule has 0 unspecified atom stereocenters. The van der Waals surface area contributed by atoms with E-state index in [0.29, 0.717) is 5.41 Å². The van der Waals surface area contributed by atoms with Gasteiger partial charge in [0.15, 0.2) is 5.96 Å². The lowest BCUT2D eigenvalue weighted by Gasteiger charge is -2.42. The van der Waals surface area contributed by atoms with E-state index in [1.807, 2.05) is 11.3 Å². The van der Waals surface area contributed by atoms with E-state index in [9.17, 15) is 0 Å². The first-order valence-corrected chi connectivity index (χ1v) is 9.94. The Morgan fingerprint density at radius 2 is 2.17 bits per heavy atom. The minimum absolute atomic E-state index is 0.0702. The summed E-state index contributed by atoms with van der Waals surface area (Å²) < 4.78 is 5.29. The van der Waals surface area contributed by atoms with Crippen molar-refractivity contribution in [3.05, 3.63) is 22.4 Å². The molecule has 24 heavy (non-hydrogen) atoms. The third-order valence-corrected chi connectivity index (χ3v) is 6.28. The number of nitrogens with zero attached hydrogens (tertiary/aromatic N) is 1. The number of thiophene rings is 1. The topological polar surface area (TPSA) is 45.7 Å². The summed E-state index contributed by atoms with van der Waals surface area (Å²) in [6.07, 6.45) is 5.06. The zero-order chi connectivity index (χ0) is 17.5. The molecule has 2 N–H and O–H groups in total. The average molecular weight is 352 g/mol. The second-order valence-corrected chi connectivity index (χ2v) is 8.45. The lowest BCUT2D eigenvalue weighted by molar-refractivity contribution is 0.0732. The standard InChI is InChI=1S/C19H33N3OS/c1-5-20-17(21-14-18(2,3)16-8-6-13-24-16)22-15-19(9-7-10-19)11-12-23-4/h6,8,13H,5,7,9-12,14-15H2,1-4H3,(H2,20,21,22). The molecule has 2 rings (SSSR count). The fraction of sp³-hybridized carbons (Fsp3) is 0.737. The van der Waals surface area contributed by atoms with Gasteiger partial charge in [0, 0.05) is 37.1 Å². The van der Waals surface area contributed by atoms with E-state index in [0.717, 1.165) is 38.6 Å². The van der Waals surface area contributed by atoms with Crippen molar-refractivity contribution in [2.45, 2.75) is 51.9 Å². The summed E-state index contributed by atoms with van der Waals surface area (Å²) in [6, 6.07) is 4.32. The van der Waals surface area contributed by atoms with Crippen LogP contribution in [0.5, 0.6) is 0 Å². The SMILES string of the molecule is CCNC(=NCC(C)(C)c1cccs1)NCC1(CCOC)CCC1. The Bertz CT molecular complexity index is 507. The summed E-state index contributed by atoms with van der Waals surface area (Å²) in [6.45, 7) is 10.1. The summed E-state index contributed by atoms with van der Waals surface area (Å²) in [7, 11) is 1.79. The maximum Gasteiger partial charge on any atom is 0.191 e. The van der Waals surface area contributed by atoms with Gasteiger partial charge in [0.2, 0.25) is 0 Å². The molecule has 1 aromatic heterocycles. The molecule has 0 radical (unpaired) electrons. The van der Waals surface area contributed by atoms with Gasteiger partial charge in [-0.1, -0.05) is 26.3 Å². The zero-order valence-corrected chi connectivity index (χ0v) is 16.5. The van der Waals surface area contributed by atoms with E-state index in [4.69, 9.17) is 9.73 Å². The highest BCUT2D eigenvalue weighted by Gasteiger charge is 2.36. The summed E-state index contributed by atoms with van der Waals surface area (Å²) >= 11 is 1.81. The Balaban J connectivity index is 1.93. The molecule has 0 amide bonds. The van der Waals surface area contributed by atoms with Gasteiger partial charge in [0.25, 0.3) is 0 Å². The van der Waals surface area contributed by atoms with Crippen LogP contribution in [0.4, 0.5) is 0 Å². The van der Waals surface area contributed by atoms with Crippen LogP contribution >= 0.6 is 11.3 Å². The third kappa shape index (κ3) is 5.21. The highest BCUT2D eigenvalue weighted by atomic mass is 32.1. The molecule has 1 fully saturated rings. The Hall–Kier alpha value is -1.07. The molecule has 0 aliphatic heterocycles. The molecular weight excluding hydrogens is 318 g/mol. The number of aliphatic imine (C=N–C) groups is 1. The lowest BCUT2D eigenvalue weighted by Crippen LogP contribution is -2.47. The van der Waals surface area contributed by atoms with Crippen molar-refractivity contribution >= 4 is 17.3 Å². The van der Waals surface area contributed by atoms with Crippen molar-refractivity contribution in [3.63, 3.8) is 0 Å². The largest absolute Gasteiger partial charge is 0.385 e. The Morgan fingerprint density at radius 1 is 1.38 bits per heavy atom. The molecule has 1 heterocycles. The highest BCUT2D eigenvalue weighted by molar-refractivity contribution is 7.10. The van der Waals surface area contributed by atoms with Crippen LogP contribution in [0.2, 0.25) is 0 Å². The van der Waals surface area contributed by atoms with E-state index in [2.05, 4.69) is 48.9 Å². The average Bonchev–Trinajstić information content (AvgIpc) is 3.06. The molecule has 136 valence electrons. The summed E-state index contributed by atoms with van der Waals surface area (Å²) in [5.74, 6) is 0.936. The molecular formula is C19H33N3OS. The lowest BCUT2D eigenvalue weighted by atomic mass is 9.67. The summed E-state index contributed by atoms with van der Waals surface area (Å²) in [5.41, 5.74) is 0.468. The van der Waals surface area contributed by atoms with Crippen LogP contribution in [0.1, 0.15) is 51.3 Å². The number of rotatable bonds is 9. The number of methoxy groups -OCH3 is 1. The summed E-state index contributed by atoms with van der Waals surface area (Å²) in [5, 5.41) is 9.10. The third-order valence-electron chi connectivity index (χ3n) is 5.05. The van der Waals surface area contributed by atoms with E-state index in [1.165, 1.54) is 24.1 Å². The fourth-order valence-electron chi connectivity index (χ4n) is 3.14. The Morgan fingerprint density at radius 3 is 2.71 bits per heavy atom. The van der Waals surface area contributed by atoms with Crippen molar-refractivity contribution in [2.75, 3.05) is 33.4 Å². The van der Waals surface area contributed by atoms with Crippen molar-refractivity contribution in [2.24, 2.45) is 10.4 Å². The van der Waals surface area contributed by atoms with Crippen molar-refractivity contribution in [3.8, 4) is 0 Å². The normalized spacial score (nSPS) is 17.4. The smallest absolute Gasteiger partial charge is 0.191 e. The second-order valence-electron chi connectivity index (χ2n) is 7.51. The first-order chi connectivity index (χ1) is 11.5. The number of guanidine groups is 1. The maximum atomic E-state index is 5.29. The van der Waals surface area contributed by atoms with Crippen LogP contribution in [0.15, 0.2) is 22.5 Å². The van der Waals surface area contributed by atoms with Gasteiger partial charge in [0.05, 0.1) is 6.54 Å². The number of ether oxygens (including phenoxy) is 1. The Labute approximate surface area is 151 Å². The fourth-order valence-corrected chi connectivity index (χ4v) is 3.99. The van der Waals surface area contributed by atoms with Crippen LogP contribution in [0.25, 0.3) is 0 Å². The van der Waals surface area contributed by atoms with Gasteiger partial charge in [0.1, 0.15) is 0 Å². The molecule has 1 aliphatic carbocycles. The van der Waals surface area contributed by atoms with Crippen molar-refractivity contribution in [1.82, 2.24) is 10.6 Å². The van der Waals surface area contributed by atoms with Gasteiger partial charge in [-0.25, -0.2) is 0 Å². The quantitative estimate of drug-likeness (QED) is 0.526. The van der Waals surface area contributed by atoms with Gasteiger partial charge >= 0.3 is 0 Å². The van der Waals surface area contributed by atoms with Crippen LogP contribution in [-0.4, -0.2) is 39.3 Å². The van der Waals surface area contributed by atoms with E-state index >= 15 is 0 Å². The van der Waals surface area contributed by atoms with Gasteiger partial charge in [-0.3, -0.25) is 4.99 Å². The van der Waals surface area contributed by atoms with Crippen molar-refractivity contribution < 1.29 is 4.74 Å². The minimum Gasteiger partial charge on any atom is -0.385 e. The van der Waals surface area contributed by atoms with Gasteiger partial charge in [-0.15, -0.1) is 11.3 Å². The van der Waals surface area contributed by atoms with Crippen LogP contribution in [-0.2, 0) is 10.2 Å². The van der Waals surface area contributed by atoms with Crippen LogP contribution < -0.4 is 10.6 Å². The molecule has 0 saturated heterocycles. The van der Waals surface area contributed by atoms with Crippen molar-refractivity contribution in [1.29, 1.82) is 0 Å². The highest BCUT2D eigenvalue weighted by Crippen LogP contribution is 2.43. The van der Waals surface area contributed by atoms with E-state index in [-0.39, 0.29) is 5.41 Å². The monoisotopic (exact) mass is 351 g/mol. The molecule has 0 spiro atoms. The predicted molar refractivity (Wildman–Crippen MR) is 104 cm³/mol. The summed E-state index contributed by atoms with van der Waals surface area (Å²) in [4.78, 5) is 6.24. The first-order valence-electron chi connectivity index (χ1n) is 9.06. The predicted octanol–water partition coefficient (Wildman–Crippen LogP) is 3.79. The molecule has 0 atom stereocenters. The first kappa shape index (κ1) is 19.3. The van der Waals surface area contributed by atoms with Crippen LogP contribution in [0.3, 0.4) is 0 Å². The molecule has 0 aromatic carbocycles. The zero-order valence-electron chi connectivity index (χ0n) is 15.7. The molecule has 4 nitrogen and oxygen atoms in total. The van der Waals surface area contributed by atoms with E-state index < -0.39 is 0 Å². The van der Waals surface area contributed by atoms with Gasteiger partial charge in [-0.2, -0.15) is 0 Å². The molecule has 0 bridgehead atoms. The van der Waals surface area contributed by atoms with Crippen LogP contribution in [0, 0.1) is 5.41 Å². The molecule has 1 aromatic rings. The molecule has 5 heteroatoms. The van der Waals surface area contributed by atoms with Gasteiger partial charge in [-0.05, 0) is 43.0 Å². The van der Waals surface area contributed by atoms with Gasteiger partial charge < -0.3 is 15.4 Å². The number of hydrogen-bond acceptors (Lipinski definition) is 3. The van der Waals surface area contributed by atoms with E-state index in [1.54, 1.807) is 7.11 Å². The Kier molecular flexibility index (Phi) is 7.11.